The molecule has 0 bridgehead atoms. The minimum absolute atomic E-state index is 0.0549. The van der Waals surface area contributed by atoms with Gasteiger partial charge in [0.05, 0.1) is 7.05 Å². The summed E-state index contributed by atoms with van der Waals surface area (Å²) >= 11 is 0. The van der Waals surface area contributed by atoms with Crippen molar-refractivity contribution in [3.05, 3.63) is 74.8 Å². The molecule has 0 saturated heterocycles. The first-order valence-corrected chi connectivity index (χ1v) is 9.41. The zero-order chi connectivity index (χ0) is 20.4. The van der Waals surface area contributed by atoms with Crippen LogP contribution in [0.2, 0.25) is 0 Å². The van der Waals surface area contributed by atoms with E-state index in [-0.39, 0.29) is 11.5 Å². The second-order valence-electron chi connectivity index (χ2n) is 7.65. The molecule has 0 radical (unpaired) electrons. The van der Waals surface area contributed by atoms with E-state index < -0.39 is 0 Å². The number of rotatable bonds is 5. The number of fused-ring (bicyclic) bond motifs is 1. The van der Waals surface area contributed by atoms with Crippen LogP contribution in [-0.4, -0.2) is 28.9 Å². The zero-order valence-electron chi connectivity index (χ0n) is 17.1. The molecule has 2 N–H and O–H groups in total. The van der Waals surface area contributed by atoms with Gasteiger partial charge in [-0.15, -0.1) is 0 Å². The van der Waals surface area contributed by atoms with Crippen molar-refractivity contribution in [2.45, 2.75) is 34.2 Å². The first kappa shape index (κ1) is 19.8. The standard InChI is InChI=1S/C22H26N4O2/c1-14-6-7-19-23-18(10-21(28)26(19)11-14)12-25(5)13-20(27)24-22-16(3)8-15(2)9-17(22)4/h6-11H,12-13H2,1-5H3,(H,24,27)/p+1. The molecule has 6 heteroatoms. The third-order valence-corrected chi connectivity index (χ3v) is 4.75. The molecule has 146 valence electrons. The fraction of sp³-hybridized carbons (Fsp3) is 0.318. The van der Waals surface area contributed by atoms with Gasteiger partial charge in [-0.3, -0.25) is 14.0 Å². The van der Waals surface area contributed by atoms with Gasteiger partial charge in [-0.25, -0.2) is 4.98 Å². The van der Waals surface area contributed by atoms with Gasteiger partial charge in [-0.05, 0) is 50.5 Å². The van der Waals surface area contributed by atoms with Crippen LogP contribution in [0.1, 0.15) is 27.9 Å². The smallest absolute Gasteiger partial charge is 0.279 e. The number of anilines is 1. The van der Waals surface area contributed by atoms with Crippen molar-refractivity contribution in [2.75, 3.05) is 18.9 Å². The molecule has 0 saturated carbocycles. The van der Waals surface area contributed by atoms with Crippen LogP contribution in [0, 0.1) is 27.7 Å². The number of carbonyl (C=O) groups is 1. The highest BCUT2D eigenvalue weighted by molar-refractivity contribution is 5.93. The Kier molecular flexibility index (Phi) is 5.61. The average molecular weight is 379 g/mol. The Morgan fingerprint density at radius 3 is 2.43 bits per heavy atom. The van der Waals surface area contributed by atoms with E-state index in [0.717, 1.165) is 27.3 Å². The van der Waals surface area contributed by atoms with Crippen LogP contribution in [0.25, 0.3) is 5.65 Å². The quantitative estimate of drug-likeness (QED) is 0.707. The lowest BCUT2D eigenvalue weighted by molar-refractivity contribution is -0.885. The highest BCUT2D eigenvalue weighted by atomic mass is 16.2. The summed E-state index contributed by atoms with van der Waals surface area (Å²) in [6.07, 6.45) is 1.78. The molecular formula is C22H27N4O2+. The van der Waals surface area contributed by atoms with Gasteiger partial charge in [0.15, 0.2) is 6.54 Å². The number of pyridine rings is 1. The Hall–Kier alpha value is -2.99. The van der Waals surface area contributed by atoms with Crippen LogP contribution in [0.4, 0.5) is 5.69 Å². The lowest BCUT2D eigenvalue weighted by atomic mass is 10.1. The van der Waals surface area contributed by atoms with Crippen molar-refractivity contribution in [2.24, 2.45) is 0 Å². The van der Waals surface area contributed by atoms with Crippen molar-refractivity contribution in [3.63, 3.8) is 0 Å². The third kappa shape index (κ3) is 4.46. The summed E-state index contributed by atoms with van der Waals surface area (Å²) in [4.78, 5) is 30.4. The topological polar surface area (TPSA) is 67.9 Å². The minimum Gasteiger partial charge on any atom is -0.325 e. The van der Waals surface area contributed by atoms with E-state index in [1.165, 1.54) is 5.56 Å². The molecule has 3 aromatic rings. The van der Waals surface area contributed by atoms with E-state index in [4.69, 9.17) is 0 Å². The molecule has 1 atom stereocenters. The summed E-state index contributed by atoms with van der Waals surface area (Å²) in [5.74, 6) is -0.0549. The van der Waals surface area contributed by atoms with Gasteiger partial charge in [0, 0.05) is 18.0 Å². The number of likely N-dealkylation sites (N-methyl/N-ethyl adjacent to an activating group) is 1. The summed E-state index contributed by atoms with van der Waals surface area (Å²) < 4.78 is 1.55. The van der Waals surface area contributed by atoms with Gasteiger partial charge in [0.25, 0.3) is 11.5 Å². The van der Waals surface area contributed by atoms with Crippen LogP contribution in [0.15, 0.2) is 41.3 Å². The molecule has 28 heavy (non-hydrogen) atoms. The molecule has 3 rings (SSSR count). The molecule has 2 aromatic heterocycles. The van der Waals surface area contributed by atoms with E-state index in [9.17, 15) is 9.59 Å². The van der Waals surface area contributed by atoms with Crippen LogP contribution < -0.4 is 15.8 Å². The van der Waals surface area contributed by atoms with E-state index in [0.29, 0.717) is 24.4 Å². The molecule has 1 aromatic carbocycles. The normalized spacial score (nSPS) is 12.2. The maximum absolute atomic E-state index is 12.5. The van der Waals surface area contributed by atoms with Crippen molar-refractivity contribution in [1.82, 2.24) is 9.38 Å². The fourth-order valence-electron chi connectivity index (χ4n) is 3.56. The van der Waals surface area contributed by atoms with Crippen LogP contribution in [-0.2, 0) is 11.3 Å². The lowest BCUT2D eigenvalue weighted by Gasteiger charge is -2.16. The SMILES string of the molecule is Cc1cc(C)c(NC(=O)C[NH+](C)Cc2cc(=O)n3cc(C)ccc3n2)c(C)c1. The molecule has 1 unspecified atom stereocenters. The summed E-state index contributed by atoms with van der Waals surface area (Å²) in [6, 6.07) is 9.44. The van der Waals surface area contributed by atoms with Gasteiger partial charge in [0.1, 0.15) is 17.9 Å². The largest absolute Gasteiger partial charge is 0.325 e. The van der Waals surface area contributed by atoms with Crippen LogP contribution >= 0.6 is 0 Å². The lowest BCUT2D eigenvalue weighted by Crippen LogP contribution is -3.08. The number of hydrogen-bond acceptors (Lipinski definition) is 3. The van der Waals surface area contributed by atoms with Gasteiger partial charge in [-0.1, -0.05) is 23.8 Å². The predicted molar refractivity (Wildman–Crippen MR) is 111 cm³/mol. The van der Waals surface area contributed by atoms with Gasteiger partial charge in [-0.2, -0.15) is 0 Å². The number of nitrogens with one attached hydrogen (secondary N) is 2. The minimum atomic E-state index is -0.105. The maximum atomic E-state index is 12.5. The van der Waals surface area contributed by atoms with Crippen molar-refractivity contribution >= 4 is 17.2 Å². The predicted octanol–water partition coefficient (Wildman–Crippen LogP) is 1.58. The number of carbonyl (C=O) groups excluding carboxylic acids is 1. The zero-order valence-corrected chi connectivity index (χ0v) is 17.1. The second kappa shape index (κ2) is 7.94. The summed E-state index contributed by atoms with van der Waals surface area (Å²) in [5, 5.41) is 3.02. The maximum Gasteiger partial charge on any atom is 0.279 e. The van der Waals surface area contributed by atoms with E-state index in [2.05, 4.69) is 22.4 Å². The second-order valence-corrected chi connectivity index (χ2v) is 7.65. The monoisotopic (exact) mass is 379 g/mol. The Morgan fingerprint density at radius 2 is 1.75 bits per heavy atom. The Morgan fingerprint density at radius 1 is 1.07 bits per heavy atom. The van der Waals surface area contributed by atoms with Crippen molar-refractivity contribution in [1.29, 1.82) is 0 Å². The van der Waals surface area contributed by atoms with Crippen LogP contribution in [0.3, 0.4) is 0 Å². The summed E-state index contributed by atoms with van der Waals surface area (Å²) in [6.45, 7) is 8.78. The third-order valence-electron chi connectivity index (χ3n) is 4.75. The van der Waals surface area contributed by atoms with Crippen molar-refractivity contribution < 1.29 is 9.69 Å². The number of aryl methyl sites for hydroxylation is 4. The number of benzene rings is 1. The van der Waals surface area contributed by atoms with Gasteiger partial charge < -0.3 is 10.2 Å². The Labute approximate surface area is 164 Å². The summed E-state index contributed by atoms with van der Waals surface area (Å²) in [7, 11) is 1.92. The molecule has 0 aliphatic heterocycles. The molecule has 6 nitrogen and oxygen atoms in total. The number of hydrogen-bond donors (Lipinski definition) is 2. The number of aromatic nitrogens is 2. The van der Waals surface area contributed by atoms with E-state index in [1.807, 2.05) is 46.9 Å². The first-order valence-electron chi connectivity index (χ1n) is 9.41. The number of amides is 1. The molecule has 2 heterocycles. The molecule has 0 fully saturated rings. The Bertz CT molecular complexity index is 1080. The molecular weight excluding hydrogens is 352 g/mol. The molecule has 0 spiro atoms. The fourth-order valence-corrected chi connectivity index (χ4v) is 3.56. The highest BCUT2D eigenvalue weighted by Gasteiger charge is 2.15. The van der Waals surface area contributed by atoms with Gasteiger partial charge >= 0.3 is 0 Å². The average Bonchev–Trinajstić information content (AvgIpc) is 2.58. The van der Waals surface area contributed by atoms with Crippen LogP contribution in [0.5, 0.6) is 0 Å². The number of quaternary nitrogens is 1. The van der Waals surface area contributed by atoms with Crippen molar-refractivity contribution in [3.8, 4) is 0 Å². The van der Waals surface area contributed by atoms with E-state index >= 15 is 0 Å². The van der Waals surface area contributed by atoms with E-state index in [1.54, 1.807) is 16.7 Å². The summed E-state index contributed by atoms with van der Waals surface area (Å²) in [5.41, 5.74) is 6.38. The molecule has 0 aliphatic carbocycles. The first-order chi connectivity index (χ1) is 13.2. The number of nitrogens with zero attached hydrogens (tertiary/aromatic N) is 2. The Balaban J connectivity index is 1.69. The molecule has 0 aliphatic rings. The molecule has 1 amide bonds. The highest BCUT2D eigenvalue weighted by Crippen LogP contribution is 2.21. The van der Waals surface area contributed by atoms with Gasteiger partial charge in [0.2, 0.25) is 0 Å².